The Morgan fingerprint density at radius 2 is 1.55 bits per heavy atom. The number of aromatic nitrogens is 2. The van der Waals surface area contributed by atoms with Crippen LogP contribution in [-0.4, -0.2) is 9.97 Å². The van der Waals surface area contributed by atoms with Crippen molar-refractivity contribution in [3.8, 4) is 17.0 Å². The van der Waals surface area contributed by atoms with E-state index in [4.69, 9.17) is 9.72 Å². The van der Waals surface area contributed by atoms with Crippen LogP contribution in [0.5, 0.6) is 5.75 Å². The van der Waals surface area contributed by atoms with Gasteiger partial charge in [0.25, 0.3) is 0 Å². The van der Waals surface area contributed by atoms with Gasteiger partial charge in [-0.25, -0.2) is 0 Å². The number of ether oxygens (including phenoxy) is 1. The van der Waals surface area contributed by atoms with Crippen molar-refractivity contribution < 1.29 is 24.8 Å². The standard InChI is InChI=1S/C16H10NO.C13H8N.Ir/c1-3-7-13-12(6-1)10-18-15-9-11-5-2-4-8-14(11)17-16(13)15;1-2-6-12-10(4-1)7-8-11-5-3-9-14-13(11)12;/h1-6,8-9H,10H2;1-5,7-9H;/q2*-1;. The first-order chi connectivity index (χ1) is 15.9. The number of benzene rings is 4. The first-order valence-corrected chi connectivity index (χ1v) is 10.5. The Balaban J connectivity index is 0.000000138. The van der Waals surface area contributed by atoms with Crippen LogP contribution in [-0.2, 0) is 26.7 Å². The Hall–Kier alpha value is -3.59. The minimum Gasteiger partial charge on any atom is -0.506 e. The fourth-order valence-corrected chi connectivity index (χ4v) is 4.09. The summed E-state index contributed by atoms with van der Waals surface area (Å²) in [7, 11) is 0. The number of para-hydroxylation sites is 1. The molecule has 4 aromatic carbocycles. The van der Waals surface area contributed by atoms with E-state index >= 15 is 0 Å². The zero-order valence-corrected chi connectivity index (χ0v) is 20.0. The van der Waals surface area contributed by atoms with E-state index < -0.39 is 0 Å². The number of nitrogens with zero attached hydrogens (tertiary/aromatic N) is 2. The van der Waals surface area contributed by atoms with Crippen LogP contribution < -0.4 is 4.74 Å². The van der Waals surface area contributed by atoms with Gasteiger partial charge < -0.3 is 9.72 Å². The van der Waals surface area contributed by atoms with Gasteiger partial charge in [-0.1, -0.05) is 42.0 Å². The van der Waals surface area contributed by atoms with Gasteiger partial charge in [0.2, 0.25) is 0 Å². The SMILES string of the molecule is [Ir].[c-]1cccc2c1-c1nc3ccccc3cc1OC2.[c-]1cccc2ccc3cccnc3c12. The Kier molecular flexibility index (Phi) is 5.87. The largest absolute Gasteiger partial charge is 0.506 e. The number of fused-ring (bicyclic) bond motifs is 7. The molecule has 0 saturated carbocycles. The maximum Gasteiger partial charge on any atom is 0.104 e. The Morgan fingerprint density at radius 1 is 0.758 bits per heavy atom. The van der Waals surface area contributed by atoms with Gasteiger partial charge in [0, 0.05) is 37.4 Å². The summed E-state index contributed by atoms with van der Waals surface area (Å²) in [6.07, 6.45) is 1.82. The van der Waals surface area contributed by atoms with E-state index in [0.29, 0.717) is 6.61 Å². The second-order valence-electron chi connectivity index (χ2n) is 7.66. The fourth-order valence-electron chi connectivity index (χ4n) is 4.09. The molecule has 4 heteroatoms. The van der Waals surface area contributed by atoms with Crippen LogP contribution in [0, 0.1) is 12.1 Å². The molecule has 7 rings (SSSR count). The molecule has 0 atom stereocenters. The van der Waals surface area contributed by atoms with Crippen molar-refractivity contribution in [2.75, 3.05) is 0 Å². The van der Waals surface area contributed by atoms with Crippen LogP contribution >= 0.6 is 0 Å². The molecule has 3 nitrogen and oxygen atoms in total. The zero-order chi connectivity index (χ0) is 21.3. The van der Waals surface area contributed by atoms with Gasteiger partial charge in [-0.2, -0.15) is 0 Å². The predicted molar refractivity (Wildman–Crippen MR) is 128 cm³/mol. The van der Waals surface area contributed by atoms with E-state index in [9.17, 15) is 0 Å². The minimum absolute atomic E-state index is 0. The Bertz CT molecular complexity index is 1540. The van der Waals surface area contributed by atoms with Crippen LogP contribution in [0.2, 0.25) is 0 Å². The minimum atomic E-state index is 0. The summed E-state index contributed by atoms with van der Waals surface area (Å²) in [5.41, 5.74) is 5.13. The first kappa shape index (κ1) is 21.3. The summed E-state index contributed by atoms with van der Waals surface area (Å²) in [4.78, 5) is 9.08. The van der Waals surface area contributed by atoms with Gasteiger partial charge in [0.05, 0.1) is 12.1 Å². The maximum atomic E-state index is 5.78. The molecule has 0 fully saturated rings. The van der Waals surface area contributed by atoms with Crippen molar-refractivity contribution in [2.24, 2.45) is 0 Å². The second-order valence-corrected chi connectivity index (χ2v) is 7.66. The number of hydrogen-bond acceptors (Lipinski definition) is 3. The molecule has 33 heavy (non-hydrogen) atoms. The molecule has 0 bridgehead atoms. The number of rotatable bonds is 0. The summed E-state index contributed by atoms with van der Waals surface area (Å²) in [5.74, 6) is 0.851. The third-order valence-corrected chi connectivity index (χ3v) is 5.66. The summed E-state index contributed by atoms with van der Waals surface area (Å²) in [6, 6.07) is 36.8. The fraction of sp³-hybridized carbons (Fsp3) is 0.0345. The van der Waals surface area contributed by atoms with E-state index in [-0.39, 0.29) is 20.1 Å². The molecule has 161 valence electrons. The van der Waals surface area contributed by atoms with E-state index in [1.54, 1.807) is 0 Å². The summed E-state index contributed by atoms with van der Waals surface area (Å²) >= 11 is 0. The molecule has 0 spiro atoms. The number of hydrogen-bond donors (Lipinski definition) is 0. The third kappa shape index (κ3) is 4.00. The second kappa shape index (κ2) is 9.11. The van der Waals surface area contributed by atoms with Gasteiger partial charge in [0.15, 0.2) is 0 Å². The van der Waals surface area contributed by atoms with E-state index in [0.717, 1.165) is 44.4 Å². The monoisotopic (exact) mass is 603 g/mol. The average molecular weight is 603 g/mol. The van der Waals surface area contributed by atoms with Gasteiger partial charge >= 0.3 is 0 Å². The van der Waals surface area contributed by atoms with Gasteiger partial charge in [0.1, 0.15) is 5.75 Å². The molecule has 0 N–H and O–H groups in total. The first-order valence-electron chi connectivity index (χ1n) is 10.5. The Labute approximate surface area is 205 Å². The number of pyridine rings is 2. The molecule has 0 aliphatic carbocycles. The normalized spacial score (nSPS) is 11.5. The molecule has 0 saturated heterocycles. The molecule has 0 amide bonds. The van der Waals surface area contributed by atoms with Gasteiger partial charge in [-0.15, -0.1) is 64.9 Å². The van der Waals surface area contributed by atoms with Crippen molar-refractivity contribution in [3.63, 3.8) is 0 Å². The van der Waals surface area contributed by atoms with Crippen LogP contribution in [0.15, 0.2) is 97.2 Å². The van der Waals surface area contributed by atoms with Crippen molar-refractivity contribution in [1.82, 2.24) is 9.97 Å². The molecule has 3 heterocycles. The van der Waals surface area contributed by atoms with Crippen LogP contribution in [0.3, 0.4) is 0 Å². The van der Waals surface area contributed by atoms with Crippen LogP contribution in [0.25, 0.3) is 43.8 Å². The van der Waals surface area contributed by atoms with E-state index in [1.807, 2.05) is 54.7 Å². The zero-order valence-electron chi connectivity index (χ0n) is 17.6. The van der Waals surface area contributed by atoms with Crippen molar-refractivity contribution in [1.29, 1.82) is 0 Å². The molecule has 1 radical (unpaired) electrons. The molecule has 0 unspecified atom stereocenters. The van der Waals surface area contributed by atoms with E-state index in [1.165, 1.54) is 10.8 Å². The smallest absolute Gasteiger partial charge is 0.104 e. The summed E-state index contributed by atoms with van der Waals surface area (Å²) < 4.78 is 5.78. The topological polar surface area (TPSA) is 35.0 Å². The average Bonchev–Trinajstić information content (AvgIpc) is 2.88. The summed E-state index contributed by atoms with van der Waals surface area (Å²) in [6.45, 7) is 0.597. The molecule has 6 aromatic rings. The maximum absolute atomic E-state index is 5.78. The van der Waals surface area contributed by atoms with Crippen molar-refractivity contribution in [3.05, 3.63) is 115 Å². The molecule has 1 aliphatic heterocycles. The van der Waals surface area contributed by atoms with Crippen molar-refractivity contribution in [2.45, 2.75) is 6.61 Å². The van der Waals surface area contributed by atoms with E-state index in [2.05, 4.69) is 59.6 Å². The molecule has 1 aliphatic rings. The van der Waals surface area contributed by atoms with Crippen molar-refractivity contribution >= 4 is 32.6 Å². The predicted octanol–water partition coefficient (Wildman–Crippen LogP) is 6.78. The molecular weight excluding hydrogens is 585 g/mol. The third-order valence-electron chi connectivity index (χ3n) is 5.66. The van der Waals surface area contributed by atoms with Gasteiger partial charge in [-0.05, 0) is 29.1 Å². The van der Waals surface area contributed by atoms with Gasteiger partial charge in [-0.3, -0.25) is 4.98 Å². The van der Waals surface area contributed by atoms with Crippen LogP contribution in [0.1, 0.15) is 5.56 Å². The Morgan fingerprint density at radius 3 is 2.52 bits per heavy atom. The quantitative estimate of drug-likeness (QED) is 0.142. The van der Waals surface area contributed by atoms with Crippen LogP contribution in [0.4, 0.5) is 0 Å². The molecular formula is C29H18IrN2O-2. The molecule has 2 aromatic heterocycles. The summed E-state index contributed by atoms with van der Waals surface area (Å²) in [5, 5.41) is 4.57.